The lowest BCUT2D eigenvalue weighted by molar-refractivity contribution is -0.139. The Labute approximate surface area is 143 Å². The summed E-state index contributed by atoms with van der Waals surface area (Å²) in [4.78, 5) is 20.3. The molecule has 126 valence electrons. The van der Waals surface area contributed by atoms with Crippen LogP contribution in [-0.2, 0) is 14.3 Å². The zero-order valence-corrected chi connectivity index (χ0v) is 13.6. The minimum Gasteiger partial charge on any atom is -0.464 e. The summed E-state index contributed by atoms with van der Waals surface area (Å²) >= 11 is 1.40. The van der Waals surface area contributed by atoms with Gasteiger partial charge in [-0.05, 0) is 54.4 Å². The fraction of sp³-hybridized carbons (Fsp3) is 0.176. The molecule has 3 rings (SSSR count). The molecule has 0 bridgehead atoms. The van der Waals surface area contributed by atoms with Crippen LogP contribution in [0.5, 0.6) is 0 Å². The van der Waals surface area contributed by atoms with Gasteiger partial charge in [0, 0.05) is 22.7 Å². The van der Waals surface area contributed by atoms with Crippen LogP contribution in [0.3, 0.4) is 0 Å². The Morgan fingerprint density at radius 2 is 1.88 bits per heavy atom. The first-order chi connectivity index (χ1) is 11.7. The summed E-state index contributed by atoms with van der Waals surface area (Å²) in [6, 6.07) is 13.7. The third kappa shape index (κ3) is 5.07. The topological polar surface area (TPSA) is 67.4 Å². The Hall–Kier alpha value is -2.38. The van der Waals surface area contributed by atoms with E-state index in [1.807, 2.05) is 31.1 Å². The highest BCUT2D eigenvalue weighted by Gasteiger charge is 2.25. The summed E-state index contributed by atoms with van der Waals surface area (Å²) in [6.45, 7) is 2.48. The lowest BCUT2D eigenvalue weighted by atomic mass is 10.2. The van der Waals surface area contributed by atoms with Crippen molar-refractivity contribution in [1.82, 2.24) is 4.72 Å². The van der Waals surface area contributed by atoms with Crippen LogP contribution < -0.4 is 10.0 Å². The molecule has 0 saturated carbocycles. The predicted molar refractivity (Wildman–Crippen MR) is 91.6 cm³/mol. The first-order valence-corrected chi connectivity index (χ1v) is 8.03. The molecule has 2 aromatic rings. The Morgan fingerprint density at radius 3 is 2.50 bits per heavy atom. The van der Waals surface area contributed by atoms with Crippen molar-refractivity contribution in [2.45, 2.75) is 17.4 Å². The van der Waals surface area contributed by atoms with E-state index >= 15 is 0 Å². The van der Waals surface area contributed by atoms with Gasteiger partial charge in [-0.2, -0.15) is 0 Å². The molecule has 2 aromatic carbocycles. The van der Waals surface area contributed by atoms with Gasteiger partial charge >= 0.3 is 5.97 Å². The van der Waals surface area contributed by atoms with Gasteiger partial charge in [0.25, 0.3) is 0 Å². The van der Waals surface area contributed by atoms with Crippen LogP contribution >= 0.6 is 11.9 Å². The van der Waals surface area contributed by atoms with Crippen LogP contribution in [0.15, 0.2) is 53.4 Å². The van der Waals surface area contributed by atoms with E-state index < -0.39 is 0 Å². The van der Waals surface area contributed by atoms with E-state index in [4.69, 9.17) is 9.53 Å². The highest BCUT2D eigenvalue weighted by Crippen LogP contribution is 2.22. The molecule has 1 heterocycles. The second kappa shape index (κ2) is 9.05. The molecule has 1 saturated heterocycles. The van der Waals surface area contributed by atoms with Gasteiger partial charge in [-0.15, -0.1) is 0 Å². The molecule has 0 amide bonds. The number of nitrogens with one attached hydrogen (secondary N) is 2. The summed E-state index contributed by atoms with van der Waals surface area (Å²) in [5, 5.41) is 3.13. The standard InChI is InChI=1S/C16H15FN2O2S.CH2O/c17-11-2-1-3-13(10-11)18-12-4-6-14(7-5-12)22-19-15-8-9-21-16(15)20;1-2/h1-7,10,15,18-19H,8-9H2;1H2. The van der Waals surface area contributed by atoms with Gasteiger partial charge in [-0.25, -0.2) is 9.11 Å². The third-order valence-electron chi connectivity index (χ3n) is 3.22. The largest absolute Gasteiger partial charge is 0.464 e. The molecule has 0 aromatic heterocycles. The smallest absolute Gasteiger partial charge is 0.324 e. The quantitative estimate of drug-likeness (QED) is 0.638. The maximum absolute atomic E-state index is 13.1. The lowest BCUT2D eigenvalue weighted by Crippen LogP contribution is -2.27. The van der Waals surface area contributed by atoms with Crippen LogP contribution in [0.1, 0.15) is 6.42 Å². The van der Waals surface area contributed by atoms with Crippen molar-refractivity contribution in [1.29, 1.82) is 0 Å². The number of anilines is 2. The van der Waals surface area contributed by atoms with Gasteiger partial charge in [-0.3, -0.25) is 4.79 Å². The highest BCUT2D eigenvalue weighted by atomic mass is 32.2. The fourth-order valence-corrected chi connectivity index (χ4v) is 2.85. The van der Waals surface area contributed by atoms with Gasteiger partial charge in [0.2, 0.25) is 0 Å². The summed E-state index contributed by atoms with van der Waals surface area (Å²) in [5.74, 6) is -0.471. The Kier molecular flexibility index (Phi) is 6.77. The first kappa shape index (κ1) is 18.0. The van der Waals surface area contributed by atoms with Crippen molar-refractivity contribution in [3.05, 3.63) is 54.3 Å². The average molecular weight is 348 g/mol. The minimum absolute atomic E-state index is 0.197. The average Bonchev–Trinajstić information content (AvgIpc) is 3.01. The summed E-state index contributed by atoms with van der Waals surface area (Å²) in [5.41, 5.74) is 1.57. The first-order valence-electron chi connectivity index (χ1n) is 7.21. The molecular formula is C17H17FN2O3S. The number of halogens is 1. The summed E-state index contributed by atoms with van der Waals surface area (Å²) < 4.78 is 21.1. The zero-order valence-electron chi connectivity index (χ0n) is 12.8. The van der Waals surface area contributed by atoms with Crippen molar-refractivity contribution in [3.63, 3.8) is 0 Å². The summed E-state index contributed by atoms with van der Waals surface area (Å²) in [7, 11) is 0. The van der Waals surface area contributed by atoms with Crippen molar-refractivity contribution in [2.75, 3.05) is 11.9 Å². The number of ether oxygens (including phenoxy) is 1. The van der Waals surface area contributed by atoms with Crippen molar-refractivity contribution < 1.29 is 18.7 Å². The van der Waals surface area contributed by atoms with Gasteiger partial charge < -0.3 is 14.8 Å². The minimum atomic E-state index is -0.273. The monoisotopic (exact) mass is 348 g/mol. The predicted octanol–water partition coefficient (Wildman–Crippen LogP) is 3.30. The maximum atomic E-state index is 13.1. The molecule has 5 nitrogen and oxygen atoms in total. The lowest BCUT2D eigenvalue weighted by Gasteiger charge is -2.09. The number of benzene rings is 2. The van der Waals surface area contributed by atoms with Crippen LogP contribution in [0.2, 0.25) is 0 Å². The van der Waals surface area contributed by atoms with Crippen molar-refractivity contribution in [3.8, 4) is 0 Å². The molecule has 24 heavy (non-hydrogen) atoms. The normalized spacial score (nSPS) is 16.0. The molecule has 0 radical (unpaired) electrons. The molecule has 0 spiro atoms. The van der Waals surface area contributed by atoms with Crippen LogP contribution in [0.4, 0.5) is 15.8 Å². The van der Waals surface area contributed by atoms with Gasteiger partial charge in [0.15, 0.2) is 0 Å². The SMILES string of the molecule is C=O.O=C1OCCC1NSc1ccc(Nc2cccc(F)c2)cc1. The number of rotatable bonds is 5. The summed E-state index contributed by atoms with van der Waals surface area (Å²) in [6.07, 6.45) is 0.699. The molecule has 1 aliphatic heterocycles. The second-order valence-electron chi connectivity index (χ2n) is 4.89. The molecule has 1 atom stereocenters. The van der Waals surface area contributed by atoms with Crippen LogP contribution in [-0.4, -0.2) is 25.4 Å². The van der Waals surface area contributed by atoms with E-state index in [-0.39, 0.29) is 17.8 Å². The van der Waals surface area contributed by atoms with Gasteiger partial charge in [0.05, 0.1) is 6.61 Å². The van der Waals surface area contributed by atoms with Crippen LogP contribution in [0, 0.1) is 5.82 Å². The highest BCUT2D eigenvalue weighted by molar-refractivity contribution is 7.97. The molecule has 0 aliphatic carbocycles. The molecule has 1 fully saturated rings. The van der Waals surface area contributed by atoms with Gasteiger partial charge in [0.1, 0.15) is 18.6 Å². The van der Waals surface area contributed by atoms with Crippen molar-refractivity contribution in [2.24, 2.45) is 0 Å². The van der Waals surface area contributed by atoms with E-state index in [0.717, 1.165) is 10.6 Å². The van der Waals surface area contributed by atoms with E-state index in [2.05, 4.69) is 10.0 Å². The zero-order chi connectivity index (χ0) is 17.4. The number of hydrogen-bond acceptors (Lipinski definition) is 6. The number of hydrogen-bond donors (Lipinski definition) is 2. The van der Waals surface area contributed by atoms with E-state index in [1.54, 1.807) is 12.1 Å². The fourth-order valence-electron chi connectivity index (χ4n) is 2.08. The Bertz CT molecular complexity index is 682. The number of cyclic esters (lactones) is 1. The number of carbonyl (C=O) groups is 2. The van der Waals surface area contributed by atoms with E-state index in [9.17, 15) is 9.18 Å². The second-order valence-corrected chi connectivity index (χ2v) is 5.80. The van der Waals surface area contributed by atoms with E-state index in [1.165, 1.54) is 24.1 Å². The maximum Gasteiger partial charge on any atom is 0.324 e. The molecule has 7 heteroatoms. The van der Waals surface area contributed by atoms with E-state index in [0.29, 0.717) is 18.7 Å². The number of carbonyl (C=O) groups excluding carboxylic acids is 2. The van der Waals surface area contributed by atoms with Crippen molar-refractivity contribution >= 4 is 36.1 Å². The molecular weight excluding hydrogens is 331 g/mol. The third-order valence-corrected chi connectivity index (χ3v) is 4.13. The Balaban J connectivity index is 0.00000100. The molecule has 2 N–H and O–H groups in total. The molecule has 1 unspecified atom stereocenters. The van der Waals surface area contributed by atoms with Gasteiger partial charge in [-0.1, -0.05) is 6.07 Å². The van der Waals surface area contributed by atoms with Crippen LogP contribution in [0.25, 0.3) is 0 Å². The number of esters is 1. The Morgan fingerprint density at radius 1 is 1.12 bits per heavy atom. The molecule has 1 aliphatic rings.